The van der Waals surface area contributed by atoms with Crippen LogP contribution in [0.1, 0.15) is 46.0 Å². The summed E-state index contributed by atoms with van der Waals surface area (Å²) in [6.45, 7) is 8.53. The van der Waals surface area contributed by atoms with Crippen LogP contribution >= 0.6 is 11.3 Å². The van der Waals surface area contributed by atoms with Crippen LogP contribution in [0, 0.1) is 6.92 Å². The summed E-state index contributed by atoms with van der Waals surface area (Å²) in [6.07, 6.45) is 1.95. The van der Waals surface area contributed by atoms with Crippen molar-refractivity contribution in [2.75, 3.05) is 30.4 Å². The molecular weight excluding hydrogens is 400 g/mol. The van der Waals surface area contributed by atoms with Crippen LogP contribution in [0.25, 0.3) is 0 Å². The van der Waals surface area contributed by atoms with Crippen molar-refractivity contribution < 1.29 is 14.3 Å². The zero-order valence-electron chi connectivity index (χ0n) is 17.6. The number of ether oxygens (including phenoxy) is 1. The number of hydrogen-bond acceptors (Lipinski definition) is 6. The molecule has 0 saturated carbocycles. The van der Waals surface area contributed by atoms with Gasteiger partial charge in [-0.05, 0) is 56.7 Å². The molecule has 158 valence electrons. The van der Waals surface area contributed by atoms with Crippen LogP contribution < -0.4 is 10.2 Å². The fraction of sp³-hybridized carbons (Fsp3) is 0.318. The molecule has 2 heterocycles. The average Bonchev–Trinajstić information content (AvgIpc) is 3.35. The second kappa shape index (κ2) is 9.58. The number of carbonyl (C=O) groups is 2. The van der Waals surface area contributed by atoms with Crippen LogP contribution in [0.5, 0.6) is 0 Å². The Kier molecular flexibility index (Phi) is 6.89. The fourth-order valence-corrected chi connectivity index (χ4v) is 4.11. The molecule has 0 aliphatic rings. The number of anilines is 2. The summed E-state index contributed by atoms with van der Waals surface area (Å²) in [4.78, 5) is 31.4. The minimum Gasteiger partial charge on any atom is -0.465 e. The second-order valence-corrected chi connectivity index (χ2v) is 7.68. The van der Waals surface area contributed by atoms with Crippen molar-refractivity contribution in [1.82, 2.24) is 9.55 Å². The lowest BCUT2D eigenvalue weighted by molar-refractivity contribution is 0.0600. The smallest absolute Gasteiger partial charge is 0.337 e. The van der Waals surface area contributed by atoms with Gasteiger partial charge < -0.3 is 19.5 Å². The lowest BCUT2D eigenvalue weighted by Crippen LogP contribution is -2.21. The zero-order valence-corrected chi connectivity index (χ0v) is 18.5. The number of nitrogens with zero attached hydrogens (tertiary/aromatic N) is 3. The summed E-state index contributed by atoms with van der Waals surface area (Å²) in [5.74, 6) is -0.627. The van der Waals surface area contributed by atoms with E-state index in [1.807, 2.05) is 29.1 Å². The predicted molar refractivity (Wildman–Crippen MR) is 120 cm³/mol. The maximum absolute atomic E-state index is 12.9. The summed E-state index contributed by atoms with van der Waals surface area (Å²) < 4.78 is 6.61. The maximum atomic E-state index is 12.9. The quantitative estimate of drug-likeness (QED) is 0.547. The van der Waals surface area contributed by atoms with Gasteiger partial charge in [-0.25, -0.2) is 9.78 Å². The third-order valence-corrected chi connectivity index (χ3v) is 5.69. The normalized spacial score (nSPS) is 10.7. The van der Waals surface area contributed by atoms with Gasteiger partial charge in [-0.2, -0.15) is 0 Å². The van der Waals surface area contributed by atoms with Crippen LogP contribution in [-0.4, -0.2) is 41.6 Å². The third-order valence-electron chi connectivity index (χ3n) is 4.74. The number of benzene rings is 1. The monoisotopic (exact) mass is 426 g/mol. The Morgan fingerprint density at radius 1 is 1.20 bits per heavy atom. The number of thiazole rings is 1. The Morgan fingerprint density at radius 2 is 1.90 bits per heavy atom. The van der Waals surface area contributed by atoms with Crippen molar-refractivity contribution in [2.24, 2.45) is 0 Å². The van der Waals surface area contributed by atoms with Crippen molar-refractivity contribution in [3.8, 4) is 0 Å². The molecular formula is C22H26N4O3S. The van der Waals surface area contributed by atoms with Crippen molar-refractivity contribution >= 4 is 34.0 Å². The molecule has 2 aromatic heterocycles. The van der Waals surface area contributed by atoms with E-state index in [1.165, 1.54) is 7.11 Å². The maximum Gasteiger partial charge on any atom is 0.337 e. The fourth-order valence-electron chi connectivity index (χ4n) is 3.16. The largest absolute Gasteiger partial charge is 0.465 e. The third kappa shape index (κ3) is 4.88. The molecule has 0 aliphatic carbocycles. The van der Waals surface area contributed by atoms with Gasteiger partial charge in [-0.1, -0.05) is 0 Å². The Bertz CT molecular complexity index is 1020. The molecule has 30 heavy (non-hydrogen) atoms. The average molecular weight is 427 g/mol. The number of methoxy groups -OCH3 is 1. The first-order chi connectivity index (χ1) is 14.4. The van der Waals surface area contributed by atoms with E-state index in [-0.39, 0.29) is 5.91 Å². The summed E-state index contributed by atoms with van der Waals surface area (Å²) in [7, 11) is 1.34. The van der Waals surface area contributed by atoms with Gasteiger partial charge in [0, 0.05) is 30.4 Å². The molecule has 0 radical (unpaired) electrons. The highest BCUT2D eigenvalue weighted by Gasteiger charge is 2.15. The number of aryl methyl sites for hydroxylation is 1. The van der Waals surface area contributed by atoms with Gasteiger partial charge in [0.25, 0.3) is 5.91 Å². The van der Waals surface area contributed by atoms with E-state index in [0.29, 0.717) is 23.5 Å². The van der Waals surface area contributed by atoms with E-state index in [1.54, 1.807) is 35.6 Å². The lowest BCUT2D eigenvalue weighted by Gasteiger charge is -2.16. The number of aromatic nitrogens is 2. The molecule has 0 aliphatic heterocycles. The van der Waals surface area contributed by atoms with Crippen LogP contribution in [0.15, 0.2) is 41.9 Å². The molecule has 8 heteroatoms. The molecule has 1 N–H and O–H groups in total. The number of amides is 1. The highest BCUT2D eigenvalue weighted by molar-refractivity contribution is 7.13. The molecule has 0 bridgehead atoms. The van der Waals surface area contributed by atoms with Gasteiger partial charge in [0.15, 0.2) is 5.13 Å². The number of rotatable bonds is 8. The molecule has 3 aromatic rings. The number of esters is 1. The summed E-state index contributed by atoms with van der Waals surface area (Å²) in [5, 5.41) is 5.92. The van der Waals surface area contributed by atoms with Crippen molar-refractivity contribution in [1.29, 1.82) is 0 Å². The number of carbonyl (C=O) groups excluding carboxylic acids is 2. The molecule has 7 nitrogen and oxygen atoms in total. The SMILES string of the molecule is CCN(CC)c1nc(Cn2cc(C)cc2C(=O)Nc2ccc(C(=O)OC)cc2)cs1. The van der Waals surface area contributed by atoms with Crippen LogP contribution in [0.4, 0.5) is 10.8 Å². The predicted octanol–water partition coefficient (Wildman–Crippen LogP) is 4.19. The number of nitrogens with one attached hydrogen (secondary N) is 1. The zero-order chi connectivity index (χ0) is 21.7. The Balaban J connectivity index is 1.74. The first-order valence-electron chi connectivity index (χ1n) is 9.81. The molecule has 0 spiro atoms. The summed E-state index contributed by atoms with van der Waals surface area (Å²) >= 11 is 1.62. The molecule has 1 amide bonds. The molecule has 1 aromatic carbocycles. The van der Waals surface area contributed by atoms with E-state index < -0.39 is 5.97 Å². The first-order valence-corrected chi connectivity index (χ1v) is 10.7. The van der Waals surface area contributed by atoms with Gasteiger partial charge in [0.05, 0.1) is 24.9 Å². The van der Waals surface area contributed by atoms with Crippen molar-refractivity contribution in [2.45, 2.75) is 27.3 Å². The topological polar surface area (TPSA) is 76.5 Å². The molecule has 0 unspecified atom stereocenters. The van der Waals surface area contributed by atoms with E-state index >= 15 is 0 Å². The highest BCUT2D eigenvalue weighted by atomic mass is 32.1. The van der Waals surface area contributed by atoms with Gasteiger partial charge in [0.1, 0.15) is 5.69 Å². The summed E-state index contributed by atoms with van der Waals surface area (Å²) in [5.41, 5.74) is 3.52. The van der Waals surface area contributed by atoms with E-state index in [0.717, 1.165) is 29.5 Å². The molecule has 0 atom stereocenters. The standard InChI is InChI=1S/C22H26N4O3S/c1-5-25(6-2)22-24-18(14-30-22)13-26-12-15(3)11-19(26)20(27)23-17-9-7-16(8-10-17)21(28)29-4/h7-12,14H,5-6,13H2,1-4H3,(H,23,27). The minimum atomic E-state index is -0.412. The minimum absolute atomic E-state index is 0.215. The van der Waals surface area contributed by atoms with Crippen LogP contribution in [0.2, 0.25) is 0 Å². The summed E-state index contributed by atoms with van der Waals surface area (Å²) in [6, 6.07) is 8.46. The Labute approximate surface area is 180 Å². The van der Waals surface area contributed by atoms with Crippen molar-refractivity contribution in [3.63, 3.8) is 0 Å². The Morgan fingerprint density at radius 3 is 2.53 bits per heavy atom. The van der Waals surface area contributed by atoms with E-state index in [2.05, 4.69) is 24.1 Å². The highest BCUT2D eigenvalue weighted by Crippen LogP contribution is 2.22. The van der Waals surface area contributed by atoms with Gasteiger partial charge in [-0.3, -0.25) is 4.79 Å². The van der Waals surface area contributed by atoms with Gasteiger partial charge >= 0.3 is 5.97 Å². The van der Waals surface area contributed by atoms with Crippen molar-refractivity contribution in [3.05, 3.63) is 64.4 Å². The Hall–Kier alpha value is -3.13. The van der Waals surface area contributed by atoms with Gasteiger partial charge in [0.2, 0.25) is 0 Å². The second-order valence-electron chi connectivity index (χ2n) is 6.85. The number of hydrogen-bond donors (Lipinski definition) is 1. The molecule has 3 rings (SSSR count). The van der Waals surface area contributed by atoms with Gasteiger partial charge in [-0.15, -0.1) is 11.3 Å². The molecule has 0 saturated heterocycles. The van der Waals surface area contributed by atoms with Crippen LogP contribution in [0.3, 0.4) is 0 Å². The molecule has 0 fully saturated rings. The van der Waals surface area contributed by atoms with E-state index in [4.69, 9.17) is 9.72 Å². The first kappa shape index (κ1) is 21.6. The lowest BCUT2D eigenvalue weighted by atomic mass is 10.2. The van der Waals surface area contributed by atoms with Crippen LogP contribution in [-0.2, 0) is 11.3 Å². The van der Waals surface area contributed by atoms with E-state index in [9.17, 15) is 9.59 Å².